The third-order valence-electron chi connectivity index (χ3n) is 0.722. The molecule has 0 saturated carbocycles. The molecule has 1 aliphatic rings. The highest BCUT2D eigenvalue weighted by Crippen LogP contribution is 2.23. The molecule has 1 heterocycles. The van der Waals surface area contributed by atoms with Gasteiger partial charge in [-0.05, 0) is 13.8 Å². The Labute approximate surface area is 48.4 Å². The van der Waals surface area contributed by atoms with Gasteiger partial charge in [-0.2, -0.15) is 4.21 Å². The van der Waals surface area contributed by atoms with Gasteiger partial charge in [-0.1, -0.05) is 0 Å². The lowest BCUT2D eigenvalue weighted by atomic mass is 10.3. The molecule has 0 aliphatic carbocycles. The van der Waals surface area contributed by atoms with Crippen molar-refractivity contribution >= 4 is 12.5 Å². The molecule has 1 rings (SSSR count). The van der Waals surface area contributed by atoms with Gasteiger partial charge in [0.05, 0.1) is 12.2 Å². The fourth-order valence-electron chi connectivity index (χ4n) is 0.144. The first-order valence-electron chi connectivity index (χ1n) is 2.01. The zero-order valence-electron chi connectivity index (χ0n) is 4.43. The Bertz CT molecular complexity index is 56.7. The van der Waals surface area contributed by atoms with E-state index < -0.39 is 0 Å². The van der Waals surface area contributed by atoms with E-state index in [9.17, 15) is 0 Å². The predicted octanol–water partition coefficient (Wildman–Crippen LogP) is 0.459. The van der Waals surface area contributed by atoms with Gasteiger partial charge in [-0.15, -0.1) is 0 Å². The largest absolute Gasteiger partial charge is 0.370 e. The molecule has 0 spiro atoms. The van der Waals surface area contributed by atoms with E-state index in [2.05, 4.69) is 26.4 Å². The van der Waals surface area contributed by atoms with Crippen LogP contribution in [0.3, 0.4) is 0 Å². The van der Waals surface area contributed by atoms with Gasteiger partial charge < -0.3 is 4.74 Å². The van der Waals surface area contributed by atoms with Gasteiger partial charge in [0.1, 0.15) is 0 Å². The topological polar surface area (TPSA) is 29.6 Å². The van der Waals surface area contributed by atoms with E-state index in [0.29, 0.717) is 0 Å². The summed E-state index contributed by atoms with van der Waals surface area (Å²) < 4.78 is 12.7. The molecule has 0 aromatic heterocycles. The van der Waals surface area contributed by atoms with Crippen LogP contribution < -0.4 is 0 Å². The molecule has 42 valence electrons. The Hall–Kier alpha value is -0.0200. The van der Waals surface area contributed by atoms with Crippen molar-refractivity contribution in [3.8, 4) is 0 Å². The Morgan fingerprint density at radius 3 is 1.71 bits per heavy atom. The first-order valence-corrected chi connectivity index (χ1v) is 2.35. The van der Waals surface area contributed by atoms with Gasteiger partial charge in [0.25, 0.3) is 0 Å². The van der Waals surface area contributed by atoms with Crippen LogP contribution in [0.1, 0.15) is 13.8 Å². The summed E-state index contributed by atoms with van der Waals surface area (Å²) in [6.45, 7) is 5.10. The van der Waals surface area contributed by atoms with Crippen molar-refractivity contribution in [2.24, 2.45) is 0 Å². The van der Waals surface area contributed by atoms with Crippen molar-refractivity contribution in [3.05, 3.63) is 0 Å². The van der Waals surface area contributed by atoms with Gasteiger partial charge in [-0.3, -0.25) is 0 Å². The second-order valence-electron chi connectivity index (χ2n) is 2.05. The van der Waals surface area contributed by atoms with Crippen LogP contribution in [0.4, 0.5) is 0 Å². The average Bonchev–Trinajstić information content (AvgIpc) is 2.26. The quantitative estimate of drug-likeness (QED) is 0.435. The maximum Gasteiger partial charge on any atom is 0.197 e. The minimum absolute atomic E-state index is 0.250. The molecule has 2 nitrogen and oxygen atoms in total. The first-order chi connectivity index (χ1) is 3.21. The third kappa shape index (κ3) is 3.82. The smallest absolute Gasteiger partial charge is 0.197 e. The lowest BCUT2D eigenvalue weighted by molar-refractivity contribution is 0.344. The molecule has 0 amide bonds. The second-order valence-corrected chi connectivity index (χ2v) is 2.05. The van der Waals surface area contributed by atoms with E-state index in [-0.39, 0.29) is 5.60 Å². The summed E-state index contributed by atoms with van der Waals surface area (Å²) >= 11 is 2.83. The van der Waals surface area contributed by atoms with Crippen LogP contribution in [-0.4, -0.2) is 16.4 Å². The van der Waals surface area contributed by atoms with Crippen molar-refractivity contribution in [2.75, 3.05) is 6.61 Å². The third-order valence-corrected chi connectivity index (χ3v) is 0.722. The number of hydrogen-bond donors (Lipinski definition) is 0. The molecule has 0 radical (unpaired) electrons. The summed E-state index contributed by atoms with van der Waals surface area (Å²) in [5.41, 5.74) is 0.250. The Kier molecular flexibility index (Phi) is 2.32. The monoisotopic (exact) mass is 120 g/mol. The minimum atomic E-state index is 0.250. The van der Waals surface area contributed by atoms with Crippen molar-refractivity contribution in [3.63, 3.8) is 0 Å². The summed E-state index contributed by atoms with van der Waals surface area (Å²) in [4.78, 5) is 0. The SMILES string of the molecule is CC1(C)CO1.O=S. The molecule has 7 heavy (non-hydrogen) atoms. The minimum Gasteiger partial charge on any atom is -0.370 e. The second kappa shape index (κ2) is 2.33. The first kappa shape index (κ1) is 6.98. The van der Waals surface area contributed by atoms with E-state index in [1.807, 2.05) is 0 Å². The van der Waals surface area contributed by atoms with Crippen molar-refractivity contribution in [1.29, 1.82) is 0 Å². The Morgan fingerprint density at radius 2 is 1.71 bits per heavy atom. The Morgan fingerprint density at radius 1 is 1.57 bits per heavy atom. The maximum atomic E-state index is 7.83. The van der Waals surface area contributed by atoms with Crippen LogP contribution in [-0.2, 0) is 17.3 Å². The fourth-order valence-corrected chi connectivity index (χ4v) is 0.144. The molecule has 1 saturated heterocycles. The highest BCUT2D eigenvalue weighted by Gasteiger charge is 2.32. The molecule has 0 aromatic rings. The van der Waals surface area contributed by atoms with Gasteiger partial charge in [0.15, 0.2) is 12.5 Å². The van der Waals surface area contributed by atoms with E-state index >= 15 is 0 Å². The number of hydrogen-bond acceptors (Lipinski definition) is 3. The van der Waals surface area contributed by atoms with Crippen molar-refractivity contribution in [1.82, 2.24) is 0 Å². The molecule has 3 heteroatoms. The van der Waals surface area contributed by atoms with E-state index in [0.717, 1.165) is 6.61 Å². The standard InChI is InChI=1S/C4H8O.OS/c1-4(2)3-5-4;1-2/h3H2,1-2H3;. The van der Waals surface area contributed by atoms with Crippen LogP contribution in [0.2, 0.25) is 0 Å². The van der Waals surface area contributed by atoms with Crippen LogP contribution in [0.5, 0.6) is 0 Å². The lowest BCUT2D eigenvalue weighted by Crippen LogP contribution is -1.90. The molecular formula is C4H8O2S. The van der Waals surface area contributed by atoms with Crippen molar-refractivity contribution < 1.29 is 8.95 Å². The van der Waals surface area contributed by atoms with Crippen molar-refractivity contribution in [2.45, 2.75) is 19.4 Å². The normalized spacial score (nSPS) is 22.0. The molecule has 1 fully saturated rings. The molecule has 0 aromatic carbocycles. The molecule has 0 unspecified atom stereocenters. The highest BCUT2D eigenvalue weighted by atomic mass is 32.1. The number of epoxide rings is 1. The summed E-state index contributed by atoms with van der Waals surface area (Å²) in [5.74, 6) is 0. The summed E-state index contributed by atoms with van der Waals surface area (Å²) in [7, 11) is 0. The van der Waals surface area contributed by atoms with Gasteiger partial charge >= 0.3 is 0 Å². The average molecular weight is 120 g/mol. The van der Waals surface area contributed by atoms with Gasteiger partial charge in [0.2, 0.25) is 0 Å². The summed E-state index contributed by atoms with van der Waals surface area (Å²) in [6, 6.07) is 0. The molecule has 0 N–H and O–H groups in total. The summed E-state index contributed by atoms with van der Waals surface area (Å²) in [5, 5.41) is 0. The predicted molar refractivity (Wildman–Crippen MR) is 28.2 cm³/mol. The van der Waals surface area contributed by atoms with Crippen LogP contribution in [0.25, 0.3) is 0 Å². The van der Waals surface area contributed by atoms with Gasteiger partial charge in [-0.25, -0.2) is 0 Å². The Balaban J connectivity index is 0.000000162. The maximum absolute atomic E-state index is 7.83. The molecular weight excluding hydrogens is 112 g/mol. The van der Waals surface area contributed by atoms with E-state index in [4.69, 9.17) is 8.95 Å². The van der Waals surface area contributed by atoms with Crippen LogP contribution in [0, 0.1) is 0 Å². The van der Waals surface area contributed by atoms with Crippen LogP contribution >= 0.6 is 0 Å². The van der Waals surface area contributed by atoms with Gasteiger partial charge in [0, 0.05) is 0 Å². The lowest BCUT2D eigenvalue weighted by Gasteiger charge is -1.81. The zero-order valence-corrected chi connectivity index (χ0v) is 5.25. The van der Waals surface area contributed by atoms with E-state index in [1.165, 1.54) is 0 Å². The molecule has 0 atom stereocenters. The van der Waals surface area contributed by atoms with Crippen LogP contribution in [0.15, 0.2) is 0 Å². The van der Waals surface area contributed by atoms with E-state index in [1.54, 1.807) is 0 Å². The number of ether oxygens (including phenoxy) is 1. The highest BCUT2D eigenvalue weighted by molar-refractivity contribution is 7.44. The zero-order chi connectivity index (χ0) is 5.91. The molecule has 1 aliphatic heterocycles. The number of rotatable bonds is 0. The summed E-state index contributed by atoms with van der Waals surface area (Å²) in [6.07, 6.45) is 0. The molecule has 0 bridgehead atoms. The fraction of sp³-hybridized carbons (Fsp3) is 1.00.